The molecule has 0 fully saturated rings. The number of unbranched alkanes of at least 4 members (excludes halogenated alkanes) is 4. The third kappa shape index (κ3) is 12.4. The Morgan fingerprint density at radius 3 is 2.25 bits per heavy atom. The quantitative estimate of drug-likeness (QED) is 0.344. The van der Waals surface area contributed by atoms with Crippen molar-refractivity contribution in [3.63, 3.8) is 0 Å². The van der Waals surface area contributed by atoms with Gasteiger partial charge in [-0.25, -0.2) is 0 Å². The number of hydrogen-bond acceptors (Lipinski definition) is 4. The molecule has 8 heteroatoms. The van der Waals surface area contributed by atoms with Gasteiger partial charge in [0.05, 0.1) is 6.42 Å². The Balaban J connectivity index is 4.23. The monoisotopic (exact) mass is 343 g/mol. The van der Waals surface area contributed by atoms with Crippen LogP contribution in [0.25, 0.3) is 0 Å². The molecular weight excluding hydrogens is 314 g/mol. The smallest absolute Gasteiger partial charge is 0.303 e. The third-order valence-electron chi connectivity index (χ3n) is 3.43. The number of primary amides is 1. The first-order chi connectivity index (χ1) is 11.4. The highest BCUT2D eigenvalue weighted by Crippen LogP contribution is 2.05. The number of nitrogens with one attached hydrogen (secondary N) is 2. The van der Waals surface area contributed by atoms with Crippen molar-refractivity contribution in [2.75, 3.05) is 6.54 Å². The zero-order chi connectivity index (χ0) is 18.4. The lowest BCUT2D eigenvalue weighted by Crippen LogP contribution is -2.48. The number of nitrogens with two attached hydrogens (primary N) is 1. The van der Waals surface area contributed by atoms with Gasteiger partial charge >= 0.3 is 5.97 Å². The van der Waals surface area contributed by atoms with Crippen LogP contribution in [-0.4, -0.2) is 41.4 Å². The first-order valence-electron chi connectivity index (χ1n) is 8.44. The maximum atomic E-state index is 12.0. The van der Waals surface area contributed by atoms with Gasteiger partial charge in [-0.2, -0.15) is 0 Å². The van der Waals surface area contributed by atoms with Crippen molar-refractivity contribution in [3.05, 3.63) is 0 Å². The first kappa shape index (κ1) is 21.9. The number of amides is 3. The van der Waals surface area contributed by atoms with Crippen molar-refractivity contribution in [2.45, 2.75) is 70.8 Å². The van der Waals surface area contributed by atoms with Crippen molar-refractivity contribution in [1.29, 1.82) is 0 Å². The van der Waals surface area contributed by atoms with Crippen LogP contribution in [0.2, 0.25) is 0 Å². The molecule has 1 unspecified atom stereocenters. The van der Waals surface area contributed by atoms with Gasteiger partial charge < -0.3 is 21.5 Å². The largest absolute Gasteiger partial charge is 0.481 e. The van der Waals surface area contributed by atoms with E-state index in [1.54, 1.807) is 0 Å². The minimum absolute atomic E-state index is 0.0646. The highest BCUT2D eigenvalue weighted by Gasteiger charge is 2.22. The fraction of sp³-hybridized carbons (Fsp3) is 0.750. The minimum Gasteiger partial charge on any atom is -0.481 e. The Labute approximate surface area is 142 Å². The molecule has 0 aliphatic carbocycles. The third-order valence-corrected chi connectivity index (χ3v) is 3.43. The lowest BCUT2D eigenvalue weighted by atomic mass is 10.1. The highest BCUT2D eigenvalue weighted by atomic mass is 16.4. The number of carboxylic acids is 1. The Bertz CT molecular complexity index is 426. The molecule has 138 valence electrons. The predicted octanol–water partition coefficient (Wildman–Crippen LogP) is 0.688. The molecule has 1 atom stereocenters. The summed E-state index contributed by atoms with van der Waals surface area (Å²) < 4.78 is 0. The lowest BCUT2D eigenvalue weighted by Gasteiger charge is -2.17. The van der Waals surface area contributed by atoms with Crippen LogP contribution in [0.4, 0.5) is 0 Å². The molecule has 0 aromatic rings. The number of carbonyl (C=O) groups is 4. The molecule has 0 aromatic carbocycles. The molecule has 0 spiro atoms. The summed E-state index contributed by atoms with van der Waals surface area (Å²) in [6.07, 6.45) is 5.22. The first-order valence-corrected chi connectivity index (χ1v) is 8.44. The lowest BCUT2D eigenvalue weighted by molar-refractivity contribution is -0.137. The average Bonchev–Trinajstić information content (AvgIpc) is 2.49. The fourth-order valence-corrected chi connectivity index (χ4v) is 2.14. The van der Waals surface area contributed by atoms with Crippen LogP contribution >= 0.6 is 0 Å². The molecule has 3 amide bonds. The van der Waals surface area contributed by atoms with E-state index in [1.807, 2.05) is 0 Å². The normalized spacial score (nSPS) is 11.5. The SMILES string of the molecule is CCCCCCCC(=O)NC(CC(N)=O)C(=O)NCCCC(=O)O. The summed E-state index contributed by atoms with van der Waals surface area (Å²) in [5.74, 6) is -2.46. The van der Waals surface area contributed by atoms with Crippen LogP contribution in [0.1, 0.15) is 64.7 Å². The van der Waals surface area contributed by atoms with Gasteiger partial charge in [-0.3, -0.25) is 19.2 Å². The van der Waals surface area contributed by atoms with Gasteiger partial charge in [-0.1, -0.05) is 32.6 Å². The maximum absolute atomic E-state index is 12.0. The van der Waals surface area contributed by atoms with Crippen LogP contribution < -0.4 is 16.4 Å². The molecule has 0 rings (SSSR count). The van der Waals surface area contributed by atoms with Gasteiger partial charge in [0.15, 0.2) is 0 Å². The van der Waals surface area contributed by atoms with E-state index in [0.29, 0.717) is 6.42 Å². The van der Waals surface area contributed by atoms with E-state index in [9.17, 15) is 19.2 Å². The van der Waals surface area contributed by atoms with Crippen LogP contribution in [0.15, 0.2) is 0 Å². The number of hydrogen-bond donors (Lipinski definition) is 4. The van der Waals surface area contributed by atoms with Crippen molar-refractivity contribution in [2.24, 2.45) is 5.73 Å². The summed E-state index contributed by atoms with van der Waals surface area (Å²) in [5, 5.41) is 13.6. The van der Waals surface area contributed by atoms with Gasteiger partial charge in [-0.15, -0.1) is 0 Å². The topological polar surface area (TPSA) is 139 Å². The maximum Gasteiger partial charge on any atom is 0.303 e. The molecule has 0 aromatic heterocycles. The van der Waals surface area contributed by atoms with E-state index in [0.717, 1.165) is 32.1 Å². The molecular formula is C16H29N3O5. The van der Waals surface area contributed by atoms with E-state index in [2.05, 4.69) is 17.6 Å². The molecule has 0 aliphatic heterocycles. The predicted molar refractivity (Wildman–Crippen MR) is 89.0 cm³/mol. The molecule has 0 saturated carbocycles. The summed E-state index contributed by atoms with van der Waals surface area (Å²) in [4.78, 5) is 45.3. The molecule has 24 heavy (non-hydrogen) atoms. The van der Waals surface area contributed by atoms with Gasteiger partial charge in [0, 0.05) is 19.4 Å². The number of carbonyl (C=O) groups excluding carboxylic acids is 3. The van der Waals surface area contributed by atoms with E-state index >= 15 is 0 Å². The van der Waals surface area contributed by atoms with Crippen LogP contribution in [0, 0.1) is 0 Å². The molecule has 0 aliphatic rings. The molecule has 5 N–H and O–H groups in total. The molecule has 0 bridgehead atoms. The zero-order valence-electron chi connectivity index (χ0n) is 14.3. The van der Waals surface area contributed by atoms with Crippen molar-refractivity contribution >= 4 is 23.7 Å². The molecule has 8 nitrogen and oxygen atoms in total. The van der Waals surface area contributed by atoms with Gasteiger partial charge in [0.1, 0.15) is 6.04 Å². The van der Waals surface area contributed by atoms with E-state index in [4.69, 9.17) is 10.8 Å². The zero-order valence-corrected chi connectivity index (χ0v) is 14.3. The van der Waals surface area contributed by atoms with Gasteiger partial charge in [-0.05, 0) is 12.8 Å². The Kier molecular flexibility index (Phi) is 12.2. The number of carboxylic acid groups (broad SMARTS) is 1. The summed E-state index contributed by atoms with van der Waals surface area (Å²) >= 11 is 0. The second-order valence-corrected chi connectivity index (χ2v) is 5.74. The summed E-state index contributed by atoms with van der Waals surface area (Å²) in [6.45, 7) is 2.27. The molecule has 0 heterocycles. The van der Waals surface area contributed by atoms with Crippen LogP contribution in [-0.2, 0) is 19.2 Å². The number of aliphatic carboxylic acids is 1. The average molecular weight is 343 g/mol. The van der Waals surface area contributed by atoms with Gasteiger partial charge in [0.2, 0.25) is 17.7 Å². The van der Waals surface area contributed by atoms with Crippen LogP contribution in [0.3, 0.4) is 0 Å². The van der Waals surface area contributed by atoms with Crippen molar-refractivity contribution in [3.8, 4) is 0 Å². The molecule has 0 saturated heterocycles. The Morgan fingerprint density at radius 1 is 1.00 bits per heavy atom. The summed E-state index contributed by atoms with van der Waals surface area (Å²) in [6, 6.07) is -1.02. The minimum atomic E-state index is -1.02. The van der Waals surface area contributed by atoms with Crippen molar-refractivity contribution in [1.82, 2.24) is 10.6 Å². The molecule has 0 radical (unpaired) electrons. The number of rotatable bonds is 14. The van der Waals surface area contributed by atoms with Crippen molar-refractivity contribution < 1.29 is 24.3 Å². The fourth-order valence-electron chi connectivity index (χ4n) is 2.14. The van der Waals surface area contributed by atoms with Crippen LogP contribution in [0.5, 0.6) is 0 Å². The standard InChI is InChI=1S/C16H29N3O5/c1-2-3-4-5-6-8-14(21)19-12(11-13(17)20)16(24)18-10-7-9-15(22)23/h12H,2-11H2,1H3,(H2,17,20)(H,18,24)(H,19,21)(H,22,23). The Hall–Kier alpha value is -2.12. The second-order valence-electron chi connectivity index (χ2n) is 5.74. The summed E-state index contributed by atoms with van der Waals surface area (Å²) in [7, 11) is 0. The van der Waals surface area contributed by atoms with Gasteiger partial charge in [0.25, 0.3) is 0 Å². The van der Waals surface area contributed by atoms with E-state index in [-0.39, 0.29) is 31.7 Å². The highest BCUT2D eigenvalue weighted by molar-refractivity contribution is 5.91. The summed E-state index contributed by atoms with van der Waals surface area (Å²) in [5.41, 5.74) is 5.11. The second kappa shape index (κ2) is 13.3. The Morgan fingerprint density at radius 2 is 1.67 bits per heavy atom. The van der Waals surface area contributed by atoms with E-state index < -0.39 is 23.8 Å². The van der Waals surface area contributed by atoms with E-state index in [1.165, 1.54) is 0 Å².